The van der Waals surface area contributed by atoms with Crippen molar-refractivity contribution in [2.75, 3.05) is 9.91 Å². The van der Waals surface area contributed by atoms with Gasteiger partial charge >= 0.3 is 0 Å². The number of rotatable bonds is 5. The molecule has 34 heavy (non-hydrogen) atoms. The minimum absolute atomic E-state index is 0.0380. The molecule has 5 rings (SSSR count). The zero-order valence-electron chi connectivity index (χ0n) is 18.0. The zero-order chi connectivity index (χ0) is 24.0. The molecule has 2 heterocycles. The Kier molecular flexibility index (Phi) is 5.01. The summed E-state index contributed by atoms with van der Waals surface area (Å²) in [7, 11) is 0. The molecule has 168 valence electrons. The molecule has 3 aromatic carbocycles. The molecule has 0 radical (unpaired) electrons. The fraction of sp³-hybridized carbons (Fsp3) is 0.120. The number of amides is 2. The standard InChI is InChI=1S/C25H18N4O5/c1-15-10-12-16(13-11-15)23(30)21-20-22(28(26-21)17-6-3-2-4-7-17)25(32)27(24(20)31)18-8-5-9-19(14-18)29(33)34/h2-14,20,22H,1H3/t20-,22-/m0/s1. The van der Waals surface area contributed by atoms with Crippen LogP contribution in [0.2, 0.25) is 0 Å². The van der Waals surface area contributed by atoms with Crippen LogP contribution < -0.4 is 9.91 Å². The third kappa shape index (κ3) is 3.34. The number of non-ortho nitro benzene ring substituents is 1. The minimum atomic E-state index is -1.14. The van der Waals surface area contributed by atoms with E-state index in [9.17, 15) is 24.5 Å². The van der Waals surface area contributed by atoms with Crippen molar-refractivity contribution < 1.29 is 19.3 Å². The van der Waals surface area contributed by atoms with E-state index in [1.807, 2.05) is 6.92 Å². The summed E-state index contributed by atoms with van der Waals surface area (Å²) in [6.07, 6.45) is 0. The van der Waals surface area contributed by atoms with Crippen molar-refractivity contribution in [1.29, 1.82) is 0 Å². The molecule has 0 bridgehead atoms. The number of nitro groups is 1. The summed E-state index contributed by atoms with van der Waals surface area (Å²) in [5.74, 6) is -2.83. The first-order valence-corrected chi connectivity index (χ1v) is 10.5. The number of hydrogen-bond donors (Lipinski definition) is 0. The molecule has 0 spiro atoms. The Balaban J connectivity index is 1.60. The van der Waals surface area contributed by atoms with E-state index in [0.717, 1.165) is 10.5 Å². The lowest BCUT2D eigenvalue weighted by Gasteiger charge is -2.22. The largest absolute Gasteiger partial charge is 0.287 e. The van der Waals surface area contributed by atoms with Crippen molar-refractivity contribution in [2.24, 2.45) is 11.0 Å². The van der Waals surface area contributed by atoms with Crippen molar-refractivity contribution in [3.05, 3.63) is 100 Å². The van der Waals surface area contributed by atoms with Gasteiger partial charge in [0.25, 0.3) is 11.6 Å². The highest BCUT2D eigenvalue weighted by molar-refractivity contribution is 6.53. The van der Waals surface area contributed by atoms with Crippen molar-refractivity contribution in [3.63, 3.8) is 0 Å². The lowest BCUT2D eigenvalue weighted by Crippen LogP contribution is -2.39. The van der Waals surface area contributed by atoms with Gasteiger partial charge in [-0.2, -0.15) is 5.10 Å². The lowest BCUT2D eigenvalue weighted by atomic mass is 9.92. The molecule has 1 fully saturated rings. The van der Waals surface area contributed by atoms with Crippen LogP contribution in [0.3, 0.4) is 0 Å². The van der Waals surface area contributed by atoms with Crippen LogP contribution in [-0.4, -0.2) is 34.3 Å². The summed E-state index contributed by atoms with van der Waals surface area (Å²) in [6, 6.07) is 19.9. The van der Waals surface area contributed by atoms with E-state index in [-0.39, 0.29) is 17.1 Å². The predicted molar refractivity (Wildman–Crippen MR) is 125 cm³/mol. The van der Waals surface area contributed by atoms with E-state index >= 15 is 0 Å². The summed E-state index contributed by atoms with van der Waals surface area (Å²) in [4.78, 5) is 52.0. The maximum absolute atomic E-state index is 13.5. The highest BCUT2D eigenvalue weighted by Crippen LogP contribution is 2.39. The van der Waals surface area contributed by atoms with E-state index in [1.165, 1.54) is 29.3 Å². The number of carbonyl (C=O) groups is 3. The van der Waals surface area contributed by atoms with Gasteiger partial charge in [-0.1, -0.05) is 54.1 Å². The van der Waals surface area contributed by atoms with Crippen LogP contribution in [-0.2, 0) is 9.59 Å². The van der Waals surface area contributed by atoms with Crippen molar-refractivity contribution in [1.82, 2.24) is 0 Å². The average molecular weight is 454 g/mol. The summed E-state index contributed by atoms with van der Waals surface area (Å²) >= 11 is 0. The second-order valence-corrected chi connectivity index (χ2v) is 8.07. The molecule has 9 nitrogen and oxygen atoms in total. The number of nitrogens with zero attached hydrogens (tertiary/aromatic N) is 4. The first-order chi connectivity index (χ1) is 16.4. The van der Waals surface area contributed by atoms with Crippen molar-refractivity contribution in [3.8, 4) is 0 Å². The van der Waals surface area contributed by atoms with Crippen molar-refractivity contribution >= 4 is 40.4 Å². The number of para-hydroxylation sites is 1. The Hall–Kier alpha value is -4.66. The predicted octanol–water partition coefficient (Wildman–Crippen LogP) is 3.52. The van der Waals surface area contributed by atoms with Crippen LogP contribution >= 0.6 is 0 Å². The number of Topliss-reactive ketones (excluding diaryl/α,β-unsaturated/α-hetero) is 1. The molecule has 9 heteroatoms. The molecule has 2 aliphatic rings. The number of benzene rings is 3. The molecule has 2 atom stereocenters. The number of fused-ring (bicyclic) bond motifs is 1. The first-order valence-electron chi connectivity index (χ1n) is 10.5. The van der Waals surface area contributed by atoms with Crippen LogP contribution in [0, 0.1) is 23.0 Å². The molecule has 0 aromatic heterocycles. The first kappa shape index (κ1) is 21.2. The topological polar surface area (TPSA) is 113 Å². The van der Waals surface area contributed by atoms with Crippen LogP contribution in [0.1, 0.15) is 15.9 Å². The van der Waals surface area contributed by atoms with Gasteiger partial charge in [0.2, 0.25) is 11.7 Å². The molecule has 0 N–H and O–H groups in total. The highest BCUT2D eigenvalue weighted by Gasteiger charge is 2.58. The third-order valence-electron chi connectivity index (χ3n) is 5.92. The van der Waals surface area contributed by atoms with Crippen LogP contribution in [0.4, 0.5) is 17.1 Å². The van der Waals surface area contributed by atoms with Gasteiger partial charge in [0, 0.05) is 17.7 Å². The van der Waals surface area contributed by atoms with E-state index in [1.54, 1.807) is 54.6 Å². The number of hydrogen-bond acceptors (Lipinski definition) is 7. The minimum Gasteiger partial charge on any atom is -0.287 e. The van der Waals surface area contributed by atoms with E-state index in [4.69, 9.17) is 0 Å². The molecular weight excluding hydrogens is 436 g/mol. The molecule has 0 unspecified atom stereocenters. The number of imide groups is 1. The van der Waals surface area contributed by atoms with E-state index in [0.29, 0.717) is 11.3 Å². The molecule has 0 saturated carbocycles. The summed E-state index contributed by atoms with van der Waals surface area (Å²) in [5, 5.41) is 17.1. The third-order valence-corrected chi connectivity index (χ3v) is 5.92. The van der Waals surface area contributed by atoms with Crippen molar-refractivity contribution in [2.45, 2.75) is 13.0 Å². The fourth-order valence-electron chi connectivity index (χ4n) is 4.25. The van der Waals surface area contributed by atoms with Gasteiger partial charge in [-0.3, -0.25) is 29.5 Å². The maximum atomic E-state index is 13.5. The molecule has 0 aliphatic carbocycles. The molecular formula is C25H18N4O5. The number of nitro benzene ring substituents is 1. The Labute approximate surface area is 194 Å². The number of hydrazone groups is 1. The molecule has 2 aliphatic heterocycles. The maximum Gasteiger partial charge on any atom is 0.271 e. The number of anilines is 2. The normalized spacial score (nSPS) is 19.3. The average Bonchev–Trinajstić information content (AvgIpc) is 3.36. The second kappa shape index (κ2) is 8.04. The van der Waals surface area contributed by atoms with E-state index < -0.39 is 34.5 Å². The highest BCUT2D eigenvalue weighted by atomic mass is 16.6. The summed E-state index contributed by atoms with van der Waals surface area (Å²) in [5.41, 5.74) is 1.66. The Morgan fingerprint density at radius 2 is 1.59 bits per heavy atom. The Morgan fingerprint density at radius 1 is 0.912 bits per heavy atom. The van der Waals surface area contributed by atoms with Gasteiger partial charge in [0.15, 0.2) is 0 Å². The van der Waals surface area contributed by atoms with Gasteiger partial charge in [0.05, 0.1) is 16.3 Å². The van der Waals surface area contributed by atoms with Crippen LogP contribution in [0.5, 0.6) is 0 Å². The SMILES string of the molecule is Cc1ccc(C(=O)C2=NN(c3ccccc3)[C@@H]3C(=O)N(c4cccc([N+](=O)[O-])c4)C(=O)[C@@H]23)cc1. The number of aryl methyl sites for hydroxylation is 1. The fourth-order valence-corrected chi connectivity index (χ4v) is 4.25. The van der Waals surface area contributed by atoms with Gasteiger partial charge < -0.3 is 0 Å². The quantitative estimate of drug-likeness (QED) is 0.252. The molecule has 1 saturated heterocycles. The monoisotopic (exact) mass is 454 g/mol. The van der Waals surface area contributed by atoms with Crippen LogP contribution in [0.25, 0.3) is 0 Å². The summed E-state index contributed by atoms with van der Waals surface area (Å²) < 4.78 is 0. The number of carbonyl (C=O) groups excluding carboxylic acids is 3. The van der Waals surface area contributed by atoms with Gasteiger partial charge in [-0.15, -0.1) is 0 Å². The molecule has 3 aromatic rings. The van der Waals surface area contributed by atoms with E-state index in [2.05, 4.69) is 5.10 Å². The summed E-state index contributed by atoms with van der Waals surface area (Å²) in [6.45, 7) is 1.89. The van der Waals surface area contributed by atoms with Gasteiger partial charge in [0.1, 0.15) is 17.7 Å². The second-order valence-electron chi connectivity index (χ2n) is 8.07. The van der Waals surface area contributed by atoms with Crippen LogP contribution in [0.15, 0.2) is 84.0 Å². The Morgan fingerprint density at radius 3 is 2.26 bits per heavy atom. The van der Waals surface area contributed by atoms with Gasteiger partial charge in [-0.05, 0) is 25.1 Å². The Bertz CT molecular complexity index is 1370. The zero-order valence-corrected chi connectivity index (χ0v) is 18.0. The smallest absolute Gasteiger partial charge is 0.271 e. The molecule has 2 amide bonds. The number of ketones is 1. The van der Waals surface area contributed by atoms with Gasteiger partial charge in [-0.25, -0.2) is 4.90 Å². The lowest BCUT2D eigenvalue weighted by molar-refractivity contribution is -0.384.